The fourth-order valence-corrected chi connectivity index (χ4v) is 2.63. The largest absolute Gasteiger partial charge is 0.496 e. The number of H-pyrrole nitrogens is 1. The first-order valence-corrected chi connectivity index (χ1v) is 8.33. The van der Waals surface area contributed by atoms with Gasteiger partial charge in [-0.1, -0.05) is 12.2 Å². The van der Waals surface area contributed by atoms with Crippen LogP contribution in [0.25, 0.3) is 11.3 Å². The molecule has 0 unspecified atom stereocenters. The third kappa shape index (κ3) is 4.58. The number of ether oxygens (including phenoxy) is 2. The number of esters is 1. The number of aromatic nitrogens is 3. The molecule has 2 aromatic rings. The number of nitrogens with zero attached hydrogens (tertiary/aromatic N) is 3. The number of hydrogen-bond donors (Lipinski definition) is 1. The Bertz CT molecular complexity index is 760. The van der Waals surface area contributed by atoms with Gasteiger partial charge in [0.1, 0.15) is 11.4 Å². The number of hydrogen-bond acceptors (Lipinski definition) is 6. The lowest BCUT2D eigenvalue weighted by molar-refractivity contribution is 0.0520. The molecule has 0 atom stereocenters. The van der Waals surface area contributed by atoms with Crippen molar-refractivity contribution in [1.29, 1.82) is 0 Å². The van der Waals surface area contributed by atoms with E-state index in [0.29, 0.717) is 12.2 Å². The lowest BCUT2D eigenvalue weighted by atomic mass is 10.0. The van der Waals surface area contributed by atoms with Crippen molar-refractivity contribution in [3.63, 3.8) is 0 Å². The molecule has 2 rings (SSSR count). The van der Waals surface area contributed by atoms with Crippen LogP contribution in [0.1, 0.15) is 23.0 Å². The maximum absolute atomic E-state index is 12.1. The molecule has 0 amide bonds. The van der Waals surface area contributed by atoms with Gasteiger partial charge in [-0.15, -0.1) is 18.3 Å². The summed E-state index contributed by atoms with van der Waals surface area (Å²) in [7, 11) is 1.63. The second-order valence-corrected chi connectivity index (χ2v) is 5.54. The van der Waals surface area contributed by atoms with Crippen molar-refractivity contribution in [2.75, 3.05) is 26.8 Å². The number of rotatable bonds is 10. The zero-order valence-electron chi connectivity index (χ0n) is 15.2. The van der Waals surface area contributed by atoms with Crippen molar-refractivity contribution >= 4 is 5.97 Å². The Morgan fingerprint density at radius 2 is 2.00 bits per heavy atom. The van der Waals surface area contributed by atoms with Crippen LogP contribution >= 0.6 is 0 Å². The summed E-state index contributed by atoms with van der Waals surface area (Å²) >= 11 is 0. The second-order valence-electron chi connectivity index (χ2n) is 5.54. The zero-order chi connectivity index (χ0) is 18.9. The lowest BCUT2D eigenvalue weighted by Crippen LogP contribution is -2.23. The fourth-order valence-electron chi connectivity index (χ4n) is 2.63. The molecule has 26 heavy (non-hydrogen) atoms. The third-order valence-corrected chi connectivity index (χ3v) is 3.74. The molecule has 1 N–H and O–H groups in total. The fraction of sp³-hybridized carbons (Fsp3) is 0.316. The molecule has 0 fully saturated rings. The highest BCUT2D eigenvalue weighted by atomic mass is 16.5. The first-order valence-electron chi connectivity index (χ1n) is 8.33. The monoisotopic (exact) mass is 356 g/mol. The number of nitrogens with one attached hydrogen (secondary N) is 1. The van der Waals surface area contributed by atoms with E-state index in [1.165, 1.54) is 0 Å². The van der Waals surface area contributed by atoms with E-state index in [1.54, 1.807) is 14.0 Å². The summed E-state index contributed by atoms with van der Waals surface area (Å²) in [5.41, 5.74) is 2.34. The van der Waals surface area contributed by atoms with E-state index in [2.05, 4.69) is 33.5 Å². The summed E-state index contributed by atoms with van der Waals surface area (Å²) in [5, 5.41) is 10.5. The molecule has 0 aliphatic carbocycles. The van der Waals surface area contributed by atoms with Gasteiger partial charge in [-0.3, -0.25) is 4.90 Å². The highest BCUT2D eigenvalue weighted by molar-refractivity contribution is 5.94. The first-order chi connectivity index (χ1) is 12.6. The van der Waals surface area contributed by atoms with Crippen molar-refractivity contribution in [2.45, 2.75) is 13.5 Å². The summed E-state index contributed by atoms with van der Waals surface area (Å²) in [5.74, 6) is 0.251. The van der Waals surface area contributed by atoms with Gasteiger partial charge in [-0.25, -0.2) is 4.79 Å². The van der Waals surface area contributed by atoms with E-state index in [0.717, 1.165) is 30.0 Å². The van der Waals surface area contributed by atoms with Crippen LogP contribution < -0.4 is 4.74 Å². The Balaban J connectivity index is 2.38. The van der Waals surface area contributed by atoms with Crippen LogP contribution in [0.3, 0.4) is 0 Å². The number of carbonyl (C=O) groups excluding carboxylic acids is 1. The molecule has 0 bridgehead atoms. The van der Waals surface area contributed by atoms with Crippen molar-refractivity contribution in [1.82, 2.24) is 20.3 Å². The highest BCUT2D eigenvalue weighted by Gasteiger charge is 2.20. The van der Waals surface area contributed by atoms with Gasteiger partial charge >= 0.3 is 5.97 Å². The van der Waals surface area contributed by atoms with Crippen LogP contribution in [-0.2, 0) is 11.3 Å². The molecule has 0 aliphatic rings. The van der Waals surface area contributed by atoms with Gasteiger partial charge in [-0.05, 0) is 25.1 Å². The van der Waals surface area contributed by atoms with E-state index >= 15 is 0 Å². The quantitative estimate of drug-likeness (QED) is 0.521. The van der Waals surface area contributed by atoms with Crippen LogP contribution in [0.2, 0.25) is 0 Å². The van der Waals surface area contributed by atoms with Crippen LogP contribution in [-0.4, -0.2) is 53.1 Å². The molecule has 0 radical (unpaired) electrons. The van der Waals surface area contributed by atoms with E-state index in [9.17, 15) is 4.79 Å². The van der Waals surface area contributed by atoms with E-state index < -0.39 is 5.97 Å². The molecule has 0 saturated heterocycles. The molecule has 7 nitrogen and oxygen atoms in total. The van der Waals surface area contributed by atoms with Crippen LogP contribution in [0.4, 0.5) is 0 Å². The third-order valence-electron chi connectivity index (χ3n) is 3.74. The van der Waals surface area contributed by atoms with E-state index in [-0.39, 0.29) is 12.3 Å². The minimum atomic E-state index is -0.506. The first kappa shape index (κ1) is 19.4. The Morgan fingerprint density at radius 1 is 1.27 bits per heavy atom. The number of carbonyl (C=O) groups is 1. The standard InChI is InChI=1S/C19H24N4O3/c1-5-10-23(11-6-2)13-15-12-14(8-9-16(15)25-4)17-18(21-22-20-17)19(24)26-7-3/h5-6,8-9,12H,1-2,7,10-11,13H2,3-4H3,(H,20,21,22). The molecular formula is C19H24N4O3. The van der Waals surface area contributed by atoms with Gasteiger partial charge in [-0.2, -0.15) is 10.3 Å². The molecular weight excluding hydrogens is 332 g/mol. The van der Waals surface area contributed by atoms with Crippen LogP contribution in [0, 0.1) is 0 Å². The number of benzene rings is 1. The number of aromatic amines is 1. The zero-order valence-corrected chi connectivity index (χ0v) is 15.2. The van der Waals surface area contributed by atoms with Gasteiger partial charge in [0.15, 0.2) is 5.69 Å². The average molecular weight is 356 g/mol. The maximum atomic E-state index is 12.1. The summed E-state index contributed by atoms with van der Waals surface area (Å²) in [6.45, 7) is 11.7. The lowest BCUT2D eigenvalue weighted by Gasteiger charge is -2.20. The van der Waals surface area contributed by atoms with Gasteiger partial charge in [0.25, 0.3) is 0 Å². The van der Waals surface area contributed by atoms with E-state index in [4.69, 9.17) is 9.47 Å². The Hall–Kier alpha value is -2.93. The summed E-state index contributed by atoms with van der Waals surface area (Å²) in [6.07, 6.45) is 3.69. The van der Waals surface area contributed by atoms with Crippen LogP contribution in [0.15, 0.2) is 43.5 Å². The summed E-state index contributed by atoms with van der Waals surface area (Å²) in [4.78, 5) is 14.2. The minimum absolute atomic E-state index is 0.164. The SMILES string of the molecule is C=CCN(CC=C)Cc1cc(-c2n[nH]nc2C(=O)OCC)ccc1OC. The van der Waals surface area contributed by atoms with Crippen molar-refractivity contribution in [2.24, 2.45) is 0 Å². The smallest absolute Gasteiger partial charge is 0.361 e. The molecule has 1 heterocycles. The summed E-state index contributed by atoms with van der Waals surface area (Å²) < 4.78 is 10.5. The Kier molecular flexibility index (Phi) is 7.11. The Labute approximate surface area is 153 Å². The predicted octanol–water partition coefficient (Wildman–Crippen LogP) is 2.83. The van der Waals surface area contributed by atoms with Crippen molar-refractivity contribution in [3.05, 3.63) is 54.8 Å². The molecule has 0 spiro atoms. The van der Waals surface area contributed by atoms with E-state index in [1.807, 2.05) is 30.4 Å². The average Bonchev–Trinajstić information content (AvgIpc) is 3.12. The van der Waals surface area contributed by atoms with Gasteiger partial charge < -0.3 is 9.47 Å². The van der Waals surface area contributed by atoms with Gasteiger partial charge in [0, 0.05) is 30.8 Å². The van der Waals surface area contributed by atoms with Crippen molar-refractivity contribution in [3.8, 4) is 17.0 Å². The normalized spacial score (nSPS) is 10.6. The van der Waals surface area contributed by atoms with Gasteiger partial charge in [0.2, 0.25) is 0 Å². The molecule has 1 aromatic heterocycles. The topological polar surface area (TPSA) is 80.3 Å². The Morgan fingerprint density at radius 3 is 2.62 bits per heavy atom. The molecule has 0 saturated carbocycles. The predicted molar refractivity (Wildman–Crippen MR) is 100.0 cm³/mol. The molecule has 7 heteroatoms. The van der Waals surface area contributed by atoms with Gasteiger partial charge in [0.05, 0.1) is 13.7 Å². The second kappa shape index (κ2) is 9.53. The summed E-state index contributed by atoms with van der Waals surface area (Å²) in [6, 6.07) is 5.64. The molecule has 1 aromatic carbocycles. The highest BCUT2D eigenvalue weighted by Crippen LogP contribution is 2.28. The van der Waals surface area contributed by atoms with Crippen molar-refractivity contribution < 1.29 is 14.3 Å². The minimum Gasteiger partial charge on any atom is -0.496 e. The maximum Gasteiger partial charge on any atom is 0.361 e. The molecule has 0 aliphatic heterocycles. The number of methoxy groups -OCH3 is 1. The molecule has 138 valence electrons. The van der Waals surface area contributed by atoms with Crippen LogP contribution in [0.5, 0.6) is 5.75 Å².